The molecule has 0 amide bonds. The van der Waals surface area contributed by atoms with Crippen LogP contribution in [-0.2, 0) is 22.4 Å². The first-order valence-corrected chi connectivity index (χ1v) is 10.8. The van der Waals surface area contributed by atoms with Gasteiger partial charge in [0, 0.05) is 32.4 Å². The summed E-state index contributed by atoms with van der Waals surface area (Å²) < 4.78 is 6.89. The number of rotatable bonds is 3. The third-order valence-electron chi connectivity index (χ3n) is 4.95. The van der Waals surface area contributed by atoms with Crippen molar-refractivity contribution in [3.8, 4) is 0 Å². The van der Waals surface area contributed by atoms with Crippen LogP contribution in [0.2, 0.25) is 0 Å². The Labute approximate surface area is 180 Å². The number of hydrogen-bond donors (Lipinski definition) is 0. The summed E-state index contributed by atoms with van der Waals surface area (Å²) in [7, 11) is 0. The van der Waals surface area contributed by atoms with Crippen molar-refractivity contribution in [1.29, 1.82) is 0 Å². The Balaban J connectivity index is 0.000000176. The molecule has 6 heteroatoms. The lowest BCUT2D eigenvalue weighted by molar-refractivity contribution is -0.143. The van der Waals surface area contributed by atoms with Gasteiger partial charge in [0.1, 0.15) is 0 Å². The van der Waals surface area contributed by atoms with E-state index in [1.165, 1.54) is 5.56 Å². The van der Waals surface area contributed by atoms with Gasteiger partial charge in [-0.2, -0.15) is 0 Å². The molecular weight excluding hydrogens is 488 g/mol. The Kier molecular flexibility index (Phi) is 6.83. The van der Waals surface area contributed by atoms with Crippen LogP contribution in [0.15, 0.2) is 45.3 Å². The molecule has 0 heterocycles. The van der Waals surface area contributed by atoms with Gasteiger partial charge in [0.15, 0.2) is 11.6 Å². The van der Waals surface area contributed by atoms with E-state index in [4.69, 9.17) is 4.74 Å². The van der Waals surface area contributed by atoms with Crippen LogP contribution in [0.3, 0.4) is 0 Å². The molecule has 0 radical (unpaired) electrons. The van der Waals surface area contributed by atoms with Gasteiger partial charge in [-0.15, -0.1) is 0 Å². The van der Waals surface area contributed by atoms with E-state index >= 15 is 0 Å². The molecule has 0 bridgehead atoms. The number of fused-ring (bicyclic) bond motifs is 2. The minimum atomic E-state index is -0.297. The molecule has 2 aromatic carbocycles. The molecule has 0 saturated carbocycles. The molecule has 146 valence electrons. The molecule has 0 aromatic heterocycles. The predicted octanol–water partition coefficient (Wildman–Crippen LogP) is 5.34. The summed E-state index contributed by atoms with van der Waals surface area (Å²) in [4.78, 5) is 34.7. The summed E-state index contributed by atoms with van der Waals surface area (Å²) in [6, 6.07) is 11.4. The standard InChI is InChI=1S/C13H13BrO3.C9H7BrO/c1-2-17-12(15)7-8-6-10-9(13(8)16)4-3-5-11(10)14;10-8-3-1-2-7-6(8)4-5-9(7)11/h3-5,8H,2,6-7H2,1H3;1-3H,4-5H2. The second-order valence-corrected chi connectivity index (χ2v) is 8.44. The van der Waals surface area contributed by atoms with Gasteiger partial charge in [0.2, 0.25) is 0 Å². The first-order valence-electron chi connectivity index (χ1n) is 9.20. The van der Waals surface area contributed by atoms with Crippen LogP contribution in [-0.4, -0.2) is 24.1 Å². The molecule has 1 atom stereocenters. The Morgan fingerprint density at radius 1 is 1.00 bits per heavy atom. The minimum Gasteiger partial charge on any atom is -0.466 e. The number of Topliss-reactive ketones (excluding diaryl/α,β-unsaturated/α-hetero) is 2. The molecule has 0 N–H and O–H groups in total. The van der Waals surface area contributed by atoms with E-state index in [2.05, 4.69) is 31.9 Å². The highest BCUT2D eigenvalue weighted by atomic mass is 79.9. The van der Waals surface area contributed by atoms with Crippen LogP contribution in [0.5, 0.6) is 0 Å². The fourth-order valence-corrected chi connectivity index (χ4v) is 4.68. The van der Waals surface area contributed by atoms with E-state index in [1.54, 1.807) is 6.92 Å². The lowest BCUT2D eigenvalue weighted by Gasteiger charge is -2.06. The van der Waals surface area contributed by atoms with Gasteiger partial charge in [-0.1, -0.05) is 56.1 Å². The summed E-state index contributed by atoms with van der Waals surface area (Å²) in [5.74, 6) is -0.229. The molecule has 28 heavy (non-hydrogen) atoms. The van der Waals surface area contributed by atoms with Crippen molar-refractivity contribution < 1.29 is 19.1 Å². The van der Waals surface area contributed by atoms with Gasteiger partial charge in [0.05, 0.1) is 13.0 Å². The largest absolute Gasteiger partial charge is 0.466 e. The smallest absolute Gasteiger partial charge is 0.306 e. The van der Waals surface area contributed by atoms with Crippen molar-refractivity contribution in [2.24, 2.45) is 5.92 Å². The topological polar surface area (TPSA) is 60.4 Å². The monoisotopic (exact) mass is 506 g/mol. The number of hydrogen-bond acceptors (Lipinski definition) is 4. The molecule has 2 aromatic rings. The summed E-state index contributed by atoms with van der Waals surface area (Å²) in [6.07, 6.45) is 2.37. The Hall–Kier alpha value is -1.79. The third-order valence-corrected chi connectivity index (χ3v) is 6.43. The van der Waals surface area contributed by atoms with Crippen molar-refractivity contribution in [1.82, 2.24) is 0 Å². The lowest BCUT2D eigenvalue weighted by Crippen LogP contribution is -2.16. The van der Waals surface area contributed by atoms with E-state index in [9.17, 15) is 14.4 Å². The normalized spacial score (nSPS) is 16.9. The number of benzene rings is 2. The number of ether oxygens (including phenoxy) is 1. The van der Waals surface area contributed by atoms with Crippen LogP contribution in [0, 0.1) is 5.92 Å². The summed E-state index contributed by atoms with van der Waals surface area (Å²) in [5, 5.41) is 0. The van der Waals surface area contributed by atoms with E-state index in [1.807, 2.05) is 36.4 Å². The number of carbonyl (C=O) groups excluding carboxylic acids is 3. The van der Waals surface area contributed by atoms with Gasteiger partial charge in [0.25, 0.3) is 0 Å². The maximum atomic E-state index is 12.1. The van der Waals surface area contributed by atoms with E-state index < -0.39 is 0 Å². The van der Waals surface area contributed by atoms with Gasteiger partial charge in [-0.25, -0.2) is 0 Å². The first kappa shape index (κ1) is 20.9. The van der Waals surface area contributed by atoms with Crippen LogP contribution in [0.25, 0.3) is 0 Å². The summed E-state index contributed by atoms with van der Waals surface area (Å²) >= 11 is 6.85. The number of carbonyl (C=O) groups is 3. The zero-order valence-electron chi connectivity index (χ0n) is 15.5. The van der Waals surface area contributed by atoms with Crippen molar-refractivity contribution in [2.45, 2.75) is 32.6 Å². The summed E-state index contributed by atoms with van der Waals surface area (Å²) in [6.45, 7) is 2.12. The van der Waals surface area contributed by atoms with E-state index in [0.717, 1.165) is 32.1 Å². The average molecular weight is 508 g/mol. The van der Waals surface area contributed by atoms with Crippen LogP contribution in [0.1, 0.15) is 51.6 Å². The van der Waals surface area contributed by atoms with Crippen molar-refractivity contribution in [2.75, 3.05) is 6.61 Å². The molecule has 0 fully saturated rings. The minimum absolute atomic E-state index is 0.0503. The van der Waals surface area contributed by atoms with Crippen LogP contribution < -0.4 is 0 Å². The molecule has 1 unspecified atom stereocenters. The van der Waals surface area contributed by atoms with Crippen molar-refractivity contribution in [3.63, 3.8) is 0 Å². The highest BCUT2D eigenvalue weighted by Gasteiger charge is 2.33. The molecule has 0 spiro atoms. The lowest BCUT2D eigenvalue weighted by atomic mass is 10.0. The fraction of sp³-hybridized carbons (Fsp3) is 0.318. The zero-order chi connectivity index (χ0) is 20.3. The van der Waals surface area contributed by atoms with Gasteiger partial charge in [-0.05, 0) is 43.0 Å². The molecule has 4 nitrogen and oxygen atoms in total. The Morgan fingerprint density at radius 3 is 2.25 bits per heavy atom. The number of esters is 1. The average Bonchev–Trinajstić information content (AvgIpc) is 3.19. The third kappa shape index (κ3) is 4.44. The van der Waals surface area contributed by atoms with E-state index in [-0.39, 0.29) is 29.9 Å². The molecular formula is C22H20Br2O4. The summed E-state index contributed by atoms with van der Waals surface area (Å²) in [5.41, 5.74) is 3.82. The highest BCUT2D eigenvalue weighted by Crippen LogP contribution is 2.34. The Bertz CT molecular complexity index is 936. The highest BCUT2D eigenvalue weighted by molar-refractivity contribution is 9.10. The number of ketones is 2. The SMILES string of the molecule is CCOC(=O)CC1Cc2c(Br)cccc2C1=O.O=C1CCc2c(Br)cccc21. The first-order chi connectivity index (χ1) is 13.4. The second kappa shape index (κ2) is 9.14. The van der Waals surface area contributed by atoms with Crippen LogP contribution >= 0.6 is 31.9 Å². The molecule has 0 aliphatic heterocycles. The van der Waals surface area contributed by atoms with Crippen molar-refractivity contribution >= 4 is 49.4 Å². The Morgan fingerprint density at radius 2 is 1.64 bits per heavy atom. The van der Waals surface area contributed by atoms with Crippen molar-refractivity contribution in [3.05, 3.63) is 67.6 Å². The van der Waals surface area contributed by atoms with Gasteiger partial charge < -0.3 is 4.74 Å². The quantitative estimate of drug-likeness (QED) is 0.526. The fourth-order valence-electron chi connectivity index (χ4n) is 3.59. The molecule has 2 aliphatic carbocycles. The van der Waals surface area contributed by atoms with Gasteiger partial charge >= 0.3 is 5.97 Å². The molecule has 4 rings (SSSR count). The second-order valence-electron chi connectivity index (χ2n) is 6.73. The maximum Gasteiger partial charge on any atom is 0.306 e. The molecule has 2 aliphatic rings. The van der Waals surface area contributed by atoms with Crippen LogP contribution in [0.4, 0.5) is 0 Å². The maximum absolute atomic E-state index is 12.1. The van der Waals surface area contributed by atoms with E-state index in [0.29, 0.717) is 19.4 Å². The van der Waals surface area contributed by atoms with Gasteiger partial charge in [-0.3, -0.25) is 14.4 Å². The number of halogens is 2. The zero-order valence-corrected chi connectivity index (χ0v) is 18.6. The predicted molar refractivity (Wildman–Crippen MR) is 114 cm³/mol. The molecule has 0 saturated heterocycles.